The zero-order chi connectivity index (χ0) is 19.6. The summed E-state index contributed by atoms with van der Waals surface area (Å²) in [7, 11) is 0. The van der Waals surface area contributed by atoms with Crippen LogP contribution in [0.15, 0.2) is 59.5 Å². The van der Waals surface area contributed by atoms with Crippen molar-refractivity contribution in [2.24, 2.45) is 0 Å². The number of alkyl halides is 3. The molecule has 1 heterocycles. The highest BCUT2D eigenvalue weighted by molar-refractivity contribution is 6.34. The summed E-state index contributed by atoms with van der Waals surface area (Å²) in [6.07, 6.45) is -3.25. The van der Waals surface area contributed by atoms with Crippen LogP contribution in [0, 0.1) is 11.3 Å². The lowest BCUT2D eigenvalue weighted by atomic mass is 10.1. The molecule has 0 saturated carbocycles. The normalized spacial score (nSPS) is 11.2. The Morgan fingerprint density at radius 2 is 1.78 bits per heavy atom. The van der Waals surface area contributed by atoms with Gasteiger partial charge in [-0.1, -0.05) is 48.0 Å². The molecule has 0 atom stereocenters. The molecule has 0 saturated heterocycles. The van der Waals surface area contributed by atoms with Crippen molar-refractivity contribution in [2.45, 2.75) is 12.7 Å². The van der Waals surface area contributed by atoms with Crippen LogP contribution in [0.3, 0.4) is 0 Å². The fraction of sp³-hybridized carbons (Fsp3) is 0.105. The predicted octanol–water partition coefficient (Wildman–Crippen LogP) is 4.77. The topological polar surface area (TPSA) is 58.7 Å². The molecular formula is C19H11ClF3N3O. The molecule has 0 unspecified atom stereocenters. The van der Waals surface area contributed by atoms with Crippen LogP contribution < -0.4 is 5.56 Å². The monoisotopic (exact) mass is 389 g/mol. The van der Waals surface area contributed by atoms with Crippen molar-refractivity contribution in [1.29, 1.82) is 5.26 Å². The SMILES string of the molecule is N#CCn1cc(-c2ccccc2)c(=O)nc1-c1cccc(C(F)(F)F)c1Cl. The highest BCUT2D eigenvalue weighted by Gasteiger charge is 2.34. The number of hydrogen-bond donors (Lipinski definition) is 0. The largest absolute Gasteiger partial charge is 0.417 e. The lowest BCUT2D eigenvalue weighted by Gasteiger charge is -2.15. The first-order chi connectivity index (χ1) is 12.8. The van der Waals surface area contributed by atoms with Crippen molar-refractivity contribution in [2.75, 3.05) is 0 Å². The van der Waals surface area contributed by atoms with E-state index in [0.717, 1.165) is 6.07 Å². The van der Waals surface area contributed by atoms with Gasteiger partial charge >= 0.3 is 6.18 Å². The van der Waals surface area contributed by atoms with E-state index in [1.165, 1.54) is 22.9 Å². The van der Waals surface area contributed by atoms with E-state index < -0.39 is 22.3 Å². The molecule has 0 N–H and O–H groups in total. The van der Waals surface area contributed by atoms with Crippen LogP contribution >= 0.6 is 11.6 Å². The van der Waals surface area contributed by atoms with E-state index in [1.807, 2.05) is 6.07 Å². The van der Waals surface area contributed by atoms with Gasteiger partial charge in [-0.3, -0.25) is 4.79 Å². The maximum absolute atomic E-state index is 13.1. The number of aromatic nitrogens is 2. The van der Waals surface area contributed by atoms with Gasteiger partial charge in [-0.2, -0.15) is 23.4 Å². The predicted molar refractivity (Wildman–Crippen MR) is 95.0 cm³/mol. The average molecular weight is 390 g/mol. The minimum atomic E-state index is -4.66. The number of halogens is 4. The third kappa shape index (κ3) is 3.71. The van der Waals surface area contributed by atoms with Crippen LogP contribution in [0.5, 0.6) is 0 Å². The number of nitrogens with zero attached hydrogens (tertiary/aromatic N) is 3. The number of benzene rings is 2. The van der Waals surface area contributed by atoms with Crippen molar-refractivity contribution in [3.8, 4) is 28.6 Å². The average Bonchev–Trinajstić information content (AvgIpc) is 2.63. The first-order valence-corrected chi connectivity index (χ1v) is 8.10. The van der Waals surface area contributed by atoms with Crippen LogP contribution in [0.1, 0.15) is 5.56 Å². The highest BCUT2D eigenvalue weighted by atomic mass is 35.5. The molecule has 0 aliphatic carbocycles. The number of hydrogen-bond acceptors (Lipinski definition) is 3. The Hall–Kier alpha value is -3.11. The molecule has 27 heavy (non-hydrogen) atoms. The van der Waals surface area contributed by atoms with Gasteiger partial charge in [0, 0.05) is 11.8 Å². The summed E-state index contributed by atoms with van der Waals surface area (Å²) >= 11 is 5.95. The van der Waals surface area contributed by atoms with E-state index in [9.17, 15) is 18.0 Å². The smallest absolute Gasteiger partial charge is 0.318 e. The molecule has 0 bridgehead atoms. The minimum absolute atomic E-state index is 0.0709. The third-order valence-electron chi connectivity index (χ3n) is 3.87. The quantitative estimate of drug-likeness (QED) is 0.648. The first-order valence-electron chi connectivity index (χ1n) is 7.73. The van der Waals surface area contributed by atoms with Crippen molar-refractivity contribution in [3.05, 3.63) is 75.7 Å². The second-order valence-electron chi connectivity index (χ2n) is 5.60. The lowest BCUT2D eigenvalue weighted by molar-refractivity contribution is -0.137. The number of nitriles is 1. The van der Waals surface area contributed by atoms with Crippen molar-refractivity contribution >= 4 is 11.6 Å². The molecular weight excluding hydrogens is 379 g/mol. The molecule has 2 aromatic carbocycles. The maximum Gasteiger partial charge on any atom is 0.417 e. The molecule has 136 valence electrons. The summed E-state index contributed by atoms with van der Waals surface area (Å²) in [5.41, 5.74) is -0.912. The Kier molecular flexibility index (Phi) is 5.02. The maximum atomic E-state index is 13.1. The Morgan fingerprint density at radius 3 is 2.41 bits per heavy atom. The molecule has 0 amide bonds. The summed E-state index contributed by atoms with van der Waals surface area (Å²) in [6.45, 7) is -0.213. The molecule has 0 aliphatic heterocycles. The van der Waals surface area contributed by atoms with Crippen molar-refractivity contribution in [1.82, 2.24) is 9.55 Å². The van der Waals surface area contributed by atoms with E-state index in [4.69, 9.17) is 16.9 Å². The van der Waals surface area contributed by atoms with E-state index >= 15 is 0 Å². The Balaban J connectivity index is 2.25. The molecule has 0 fully saturated rings. The summed E-state index contributed by atoms with van der Waals surface area (Å²) in [5, 5.41) is 8.51. The van der Waals surface area contributed by atoms with Crippen LogP contribution in [0.25, 0.3) is 22.5 Å². The van der Waals surface area contributed by atoms with Gasteiger partial charge in [0.05, 0.1) is 22.2 Å². The second kappa shape index (κ2) is 7.25. The fourth-order valence-corrected chi connectivity index (χ4v) is 2.96. The fourth-order valence-electron chi connectivity index (χ4n) is 2.64. The molecule has 0 radical (unpaired) electrons. The summed E-state index contributed by atoms with van der Waals surface area (Å²) in [6, 6.07) is 13.9. The van der Waals surface area contributed by atoms with Crippen LogP contribution in [-0.4, -0.2) is 9.55 Å². The van der Waals surface area contributed by atoms with Crippen molar-refractivity contribution in [3.63, 3.8) is 0 Å². The van der Waals surface area contributed by atoms with Gasteiger partial charge in [0.15, 0.2) is 0 Å². The molecule has 0 aliphatic rings. The van der Waals surface area contributed by atoms with Crippen LogP contribution in [0.4, 0.5) is 13.2 Å². The van der Waals surface area contributed by atoms with E-state index in [2.05, 4.69) is 4.98 Å². The molecule has 4 nitrogen and oxygen atoms in total. The van der Waals surface area contributed by atoms with Gasteiger partial charge in [0.2, 0.25) is 0 Å². The standard InChI is InChI=1S/C19H11ClF3N3O/c20-16-13(7-4-8-15(16)19(21,22)23)17-25-18(27)14(11-26(17)10-9-24)12-5-2-1-3-6-12/h1-8,11H,10H2. The van der Waals surface area contributed by atoms with Gasteiger partial charge in [-0.15, -0.1) is 0 Å². The van der Waals surface area contributed by atoms with Gasteiger partial charge in [0.25, 0.3) is 5.56 Å². The minimum Gasteiger partial charge on any atom is -0.318 e. The van der Waals surface area contributed by atoms with E-state index in [1.54, 1.807) is 30.3 Å². The molecule has 0 spiro atoms. The van der Waals surface area contributed by atoms with E-state index in [0.29, 0.717) is 5.56 Å². The molecule has 8 heteroatoms. The van der Waals surface area contributed by atoms with Gasteiger partial charge in [-0.25, -0.2) is 0 Å². The van der Waals surface area contributed by atoms with Crippen molar-refractivity contribution < 1.29 is 13.2 Å². The van der Waals surface area contributed by atoms with Gasteiger partial charge < -0.3 is 4.57 Å². The second-order valence-corrected chi connectivity index (χ2v) is 5.98. The lowest BCUT2D eigenvalue weighted by Crippen LogP contribution is -2.17. The van der Waals surface area contributed by atoms with Gasteiger partial charge in [-0.05, 0) is 17.7 Å². The summed E-state index contributed by atoms with van der Waals surface area (Å²) < 4.78 is 40.7. The molecule has 1 aromatic heterocycles. The summed E-state index contributed by atoms with van der Waals surface area (Å²) in [5.74, 6) is -0.0997. The Morgan fingerprint density at radius 1 is 1.07 bits per heavy atom. The van der Waals surface area contributed by atoms with Crippen LogP contribution in [0.2, 0.25) is 5.02 Å². The highest BCUT2D eigenvalue weighted by Crippen LogP contribution is 2.39. The summed E-state index contributed by atoms with van der Waals surface area (Å²) in [4.78, 5) is 16.4. The number of rotatable bonds is 3. The Bertz CT molecular complexity index is 1090. The zero-order valence-electron chi connectivity index (χ0n) is 13.7. The molecule has 3 rings (SSSR count). The molecule has 3 aromatic rings. The van der Waals surface area contributed by atoms with Gasteiger partial charge in [0.1, 0.15) is 12.4 Å². The Labute approximate surface area is 157 Å². The van der Waals surface area contributed by atoms with E-state index in [-0.39, 0.29) is 23.5 Å². The first kappa shape index (κ1) is 18.7. The van der Waals surface area contributed by atoms with Crippen LogP contribution in [-0.2, 0) is 12.7 Å². The zero-order valence-corrected chi connectivity index (χ0v) is 14.4. The third-order valence-corrected chi connectivity index (χ3v) is 4.27.